The van der Waals surface area contributed by atoms with E-state index in [1.165, 1.54) is 0 Å². The van der Waals surface area contributed by atoms with Gasteiger partial charge in [0.15, 0.2) is 5.78 Å². The Kier molecular flexibility index (Phi) is 3.22. The molecular formula is C13H18N2O. The number of carbonyl (C=O) groups is 1. The van der Waals surface area contributed by atoms with Gasteiger partial charge in [-0.2, -0.15) is 5.10 Å². The minimum Gasteiger partial charge on any atom is -0.294 e. The predicted molar refractivity (Wildman–Crippen MR) is 63.3 cm³/mol. The van der Waals surface area contributed by atoms with Crippen LogP contribution in [0.15, 0.2) is 23.9 Å². The summed E-state index contributed by atoms with van der Waals surface area (Å²) in [5.41, 5.74) is 1.88. The van der Waals surface area contributed by atoms with Gasteiger partial charge in [-0.25, -0.2) is 0 Å². The number of allylic oxidation sites excluding steroid dienone is 2. The zero-order chi connectivity index (χ0) is 11.5. The van der Waals surface area contributed by atoms with E-state index in [-0.39, 0.29) is 5.78 Å². The first-order valence-electron chi connectivity index (χ1n) is 5.93. The summed E-state index contributed by atoms with van der Waals surface area (Å²) in [6, 6.07) is 2.29. The number of Topliss-reactive ketones (excluding diaryl/α,β-unsaturated/α-hetero) is 1. The van der Waals surface area contributed by atoms with E-state index in [1.54, 1.807) is 0 Å². The van der Waals surface area contributed by atoms with Crippen LogP contribution in [0, 0.1) is 0 Å². The van der Waals surface area contributed by atoms with Crippen molar-refractivity contribution in [1.82, 2.24) is 9.78 Å². The SMILES string of the molecule is CC(C)n1ccc(CC(=O)C2=CCCC2)n1. The van der Waals surface area contributed by atoms with Crippen LogP contribution in [0.2, 0.25) is 0 Å². The lowest BCUT2D eigenvalue weighted by molar-refractivity contribution is -0.115. The Morgan fingerprint density at radius 3 is 2.94 bits per heavy atom. The second kappa shape index (κ2) is 4.64. The maximum absolute atomic E-state index is 11.9. The minimum atomic E-state index is 0.242. The van der Waals surface area contributed by atoms with Gasteiger partial charge in [0, 0.05) is 12.2 Å². The molecular weight excluding hydrogens is 200 g/mol. The molecule has 16 heavy (non-hydrogen) atoms. The van der Waals surface area contributed by atoms with Gasteiger partial charge in [-0.05, 0) is 44.7 Å². The van der Waals surface area contributed by atoms with Gasteiger partial charge in [-0.15, -0.1) is 0 Å². The smallest absolute Gasteiger partial charge is 0.164 e. The van der Waals surface area contributed by atoms with Crippen LogP contribution < -0.4 is 0 Å². The van der Waals surface area contributed by atoms with Gasteiger partial charge in [0.1, 0.15) is 0 Å². The Morgan fingerprint density at radius 2 is 2.38 bits per heavy atom. The van der Waals surface area contributed by atoms with Crippen LogP contribution in [0.3, 0.4) is 0 Å². The summed E-state index contributed by atoms with van der Waals surface area (Å²) in [5.74, 6) is 0.242. The van der Waals surface area contributed by atoms with Crippen molar-refractivity contribution in [3.63, 3.8) is 0 Å². The zero-order valence-electron chi connectivity index (χ0n) is 9.94. The average Bonchev–Trinajstić information content (AvgIpc) is 2.87. The van der Waals surface area contributed by atoms with Gasteiger partial charge in [0.2, 0.25) is 0 Å². The van der Waals surface area contributed by atoms with Crippen molar-refractivity contribution < 1.29 is 4.79 Å². The van der Waals surface area contributed by atoms with Crippen molar-refractivity contribution in [3.05, 3.63) is 29.6 Å². The first-order chi connectivity index (χ1) is 7.66. The van der Waals surface area contributed by atoms with Crippen LogP contribution in [0.5, 0.6) is 0 Å². The van der Waals surface area contributed by atoms with E-state index in [2.05, 4.69) is 25.0 Å². The van der Waals surface area contributed by atoms with E-state index in [0.29, 0.717) is 12.5 Å². The Morgan fingerprint density at radius 1 is 1.56 bits per heavy atom. The Labute approximate surface area is 96.2 Å². The third-order valence-corrected chi connectivity index (χ3v) is 2.93. The quantitative estimate of drug-likeness (QED) is 0.778. The molecule has 0 amide bonds. The standard InChI is InChI=1S/C13H18N2O/c1-10(2)15-8-7-12(14-15)9-13(16)11-5-3-4-6-11/h5,7-8,10H,3-4,6,9H2,1-2H3. The first-order valence-corrected chi connectivity index (χ1v) is 5.93. The molecule has 0 spiro atoms. The van der Waals surface area contributed by atoms with Crippen molar-refractivity contribution in [1.29, 1.82) is 0 Å². The van der Waals surface area contributed by atoms with Gasteiger partial charge >= 0.3 is 0 Å². The second-order valence-corrected chi connectivity index (χ2v) is 4.60. The lowest BCUT2D eigenvalue weighted by atomic mass is 10.1. The van der Waals surface area contributed by atoms with Crippen molar-refractivity contribution >= 4 is 5.78 Å². The van der Waals surface area contributed by atoms with E-state index in [4.69, 9.17) is 0 Å². The van der Waals surface area contributed by atoms with Gasteiger partial charge in [0.25, 0.3) is 0 Å². The van der Waals surface area contributed by atoms with Crippen molar-refractivity contribution in [2.75, 3.05) is 0 Å². The molecule has 0 saturated carbocycles. The molecule has 0 aliphatic heterocycles. The topological polar surface area (TPSA) is 34.9 Å². The van der Waals surface area contributed by atoms with Gasteiger partial charge in [0.05, 0.1) is 12.1 Å². The fourth-order valence-corrected chi connectivity index (χ4v) is 1.96. The molecule has 0 N–H and O–H groups in total. The summed E-state index contributed by atoms with van der Waals surface area (Å²) >= 11 is 0. The lowest BCUT2D eigenvalue weighted by Gasteiger charge is -2.03. The number of ketones is 1. The first kappa shape index (κ1) is 11.1. The zero-order valence-corrected chi connectivity index (χ0v) is 9.94. The highest BCUT2D eigenvalue weighted by Crippen LogP contribution is 2.19. The van der Waals surface area contributed by atoms with Gasteiger partial charge in [-0.3, -0.25) is 9.48 Å². The van der Waals surface area contributed by atoms with Crippen LogP contribution in [0.4, 0.5) is 0 Å². The molecule has 1 heterocycles. The number of rotatable bonds is 4. The van der Waals surface area contributed by atoms with Crippen LogP contribution in [0.25, 0.3) is 0 Å². The van der Waals surface area contributed by atoms with Crippen molar-refractivity contribution in [2.45, 2.75) is 45.6 Å². The third kappa shape index (κ3) is 2.40. The molecule has 0 aromatic carbocycles. The molecule has 1 aliphatic carbocycles. The van der Waals surface area contributed by atoms with Crippen molar-refractivity contribution in [2.24, 2.45) is 0 Å². The fourth-order valence-electron chi connectivity index (χ4n) is 1.96. The molecule has 0 unspecified atom stereocenters. The third-order valence-electron chi connectivity index (χ3n) is 2.93. The summed E-state index contributed by atoms with van der Waals surface area (Å²) in [5, 5.41) is 4.39. The average molecular weight is 218 g/mol. The number of hydrogen-bond donors (Lipinski definition) is 0. The van der Waals surface area contributed by atoms with E-state index in [0.717, 1.165) is 30.5 Å². The summed E-state index contributed by atoms with van der Waals surface area (Å²) in [6.07, 6.45) is 7.59. The molecule has 0 bridgehead atoms. The van der Waals surface area contributed by atoms with Crippen molar-refractivity contribution in [3.8, 4) is 0 Å². The van der Waals surface area contributed by atoms with Crippen LogP contribution >= 0.6 is 0 Å². The number of nitrogens with zero attached hydrogens (tertiary/aromatic N) is 2. The molecule has 1 aromatic rings. The van der Waals surface area contributed by atoms with E-state index in [1.807, 2.05) is 16.9 Å². The van der Waals surface area contributed by atoms with E-state index in [9.17, 15) is 4.79 Å². The number of aromatic nitrogens is 2. The molecule has 3 heteroatoms. The summed E-state index contributed by atoms with van der Waals surface area (Å²) in [6.45, 7) is 4.16. The molecule has 1 aromatic heterocycles. The molecule has 86 valence electrons. The van der Waals surface area contributed by atoms with Crippen LogP contribution in [-0.2, 0) is 11.2 Å². The minimum absolute atomic E-state index is 0.242. The lowest BCUT2D eigenvalue weighted by Crippen LogP contribution is -2.07. The molecule has 0 fully saturated rings. The fraction of sp³-hybridized carbons (Fsp3) is 0.538. The second-order valence-electron chi connectivity index (χ2n) is 4.60. The monoisotopic (exact) mass is 218 g/mol. The number of carbonyl (C=O) groups excluding carboxylic acids is 1. The maximum Gasteiger partial charge on any atom is 0.164 e. The number of hydrogen-bond acceptors (Lipinski definition) is 2. The summed E-state index contributed by atoms with van der Waals surface area (Å²) in [4.78, 5) is 11.9. The highest BCUT2D eigenvalue weighted by Gasteiger charge is 2.15. The highest BCUT2D eigenvalue weighted by atomic mass is 16.1. The summed E-state index contributed by atoms with van der Waals surface area (Å²) in [7, 11) is 0. The van der Waals surface area contributed by atoms with E-state index < -0.39 is 0 Å². The Hall–Kier alpha value is -1.38. The summed E-state index contributed by atoms with van der Waals surface area (Å²) < 4.78 is 1.89. The normalized spacial score (nSPS) is 15.6. The molecule has 3 nitrogen and oxygen atoms in total. The molecule has 0 saturated heterocycles. The highest BCUT2D eigenvalue weighted by molar-refractivity contribution is 5.96. The molecule has 0 radical (unpaired) electrons. The molecule has 2 rings (SSSR count). The largest absolute Gasteiger partial charge is 0.294 e. The van der Waals surface area contributed by atoms with Crippen LogP contribution in [0.1, 0.15) is 44.8 Å². The Bertz CT molecular complexity index is 415. The van der Waals surface area contributed by atoms with Crippen LogP contribution in [-0.4, -0.2) is 15.6 Å². The van der Waals surface area contributed by atoms with E-state index >= 15 is 0 Å². The Balaban J connectivity index is 2.00. The molecule has 0 atom stereocenters. The predicted octanol–water partition coefficient (Wildman–Crippen LogP) is 2.69. The maximum atomic E-state index is 11.9. The van der Waals surface area contributed by atoms with Gasteiger partial charge in [-0.1, -0.05) is 6.08 Å². The van der Waals surface area contributed by atoms with Gasteiger partial charge < -0.3 is 0 Å². The molecule has 1 aliphatic rings.